The molecule has 2 aliphatic rings. The number of thiazole rings is 1. The fourth-order valence-corrected chi connectivity index (χ4v) is 5.11. The number of halogens is 1. The molecule has 1 saturated carbocycles. The number of hydrogen-bond donors (Lipinski definition) is 2. The van der Waals surface area contributed by atoms with Crippen LogP contribution in [0.4, 0.5) is 22.5 Å². The molecule has 1 amide bonds. The lowest BCUT2D eigenvalue weighted by Crippen LogP contribution is -2.44. The Morgan fingerprint density at radius 3 is 2.67 bits per heavy atom. The predicted molar refractivity (Wildman–Crippen MR) is 146 cm³/mol. The van der Waals surface area contributed by atoms with Crippen molar-refractivity contribution in [2.45, 2.75) is 33.6 Å². The first-order valence-corrected chi connectivity index (χ1v) is 13.2. The normalized spacial score (nSPS) is 16.3. The van der Waals surface area contributed by atoms with Crippen LogP contribution in [0, 0.1) is 19.8 Å². The maximum atomic E-state index is 12.8. The molecule has 2 N–H and O–H groups in total. The Labute approximate surface area is 219 Å². The summed E-state index contributed by atoms with van der Waals surface area (Å²) >= 11 is 7.50. The second-order valence-electron chi connectivity index (χ2n) is 9.16. The van der Waals surface area contributed by atoms with Gasteiger partial charge in [0.15, 0.2) is 5.13 Å². The van der Waals surface area contributed by atoms with Crippen LogP contribution in [0.15, 0.2) is 35.6 Å². The van der Waals surface area contributed by atoms with Gasteiger partial charge in [-0.15, -0.1) is 0 Å². The van der Waals surface area contributed by atoms with E-state index in [9.17, 15) is 4.79 Å². The molecule has 3 heterocycles. The SMILES string of the molecule is C/C(=N\N1CCN(c2cc(Nc3ncc(C(=O)Nc4c(C)cccc4Cl)s3)nc(C)n2)CC1)C1CC1. The van der Waals surface area contributed by atoms with Crippen LogP contribution in [0.1, 0.15) is 40.8 Å². The molecule has 11 heteroatoms. The average Bonchev–Trinajstić information content (AvgIpc) is 3.60. The molecular weight excluding hydrogens is 496 g/mol. The minimum Gasteiger partial charge on any atom is -0.353 e. The largest absolute Gasteiger partial charge is 0.353 e. The maximum absolute atomic E-state index is 12.8. The van der Waals surface area contributed by atoms with Gasteiger partial charge in [-0.25, -0.2) is 15.0 Å². The zero-order valence-corrected chi connectivity index (χ0v) is 22.2. The van der Waals surface area contributed by atoms with Crippen molar-refractivity contribution in [2.24, 2.45) is 11.0 Å². The Balaban J connectivity index is 1.23. The van der Waals surface area contributed by atoms with Crippen molar-refractivity contribution in [3.63, 3.8) is 0 Å². The zero-order valence-electron chi connectivity index (χ0n) is 20.6. The molecule has 0 unspecified atom stereocenters. The molecule has 1 aliphatic carbocycles. The Bertz CT molecular complexity index is 1280. The van der Waals surface area contributed by atoms with Gasteiger partial charge in [-0.2, -0.15) is 5.10 Å². The van der Waals surface area contributed by atoms with Gasteiger partial charge in [-0.05, 0) is 51.2 Å². The number of para-hydroxylation sites is 1. The van der Waals surface area contributed by atoms with Crippen molar-refractivity contribution in [2.75, 3.05) is 41.7 Å². The van der Waals surface area contributed by atoms with Gasteiger partial charge in [0.25, 0.3) is 5.91 Å². The molecule has 1 saturated heterocycles. The number of anilines is 4. The number of aromatic nitrogens is 3. The fraction of sp³-hybridized carbons (Fsp3) is 0.400. The molecule has 9 nitrogen and oxygen atoms in total. The first kappa shape index (κ1) is 24.5. The number of hydrazone groups is 1. The highest BCUT2D eigenvalue weighted by molar-refractivity contribution is 7.17. The highest BCUT2D eigenvalue weighted by Gasteiger charge is 2.26. The van der Waals surface area contributed by atoms with Crippen molar-refractivity contribution in [3.8, 4) is 0 Å². The van der Waals surface area contributed by atoms with Crippen LogP contribution in [0.3, 0.4) is 0 Å². The first-order valence-electron chi connectivity index (χ1n) is 12.1. The van der Waals surface area contributed by atoms with E-state index >= 15 is 0 Å². The van der Waals surface area contributed by atoms with Crippen LogP contribution in [0.25, 0.3) is 0 Å². The van der Waals surface area contributed by atoms with Gasteiger partial charge in [0.2, 0.25) is 0 Å². The van der Waals surface area contributed by atoms with Gasteiger partial charge in [0, 0.05) is 24.9 Å². The van der Waals surface area contributed by atoms with Crippen LogP contribution >= 0.6 is 22.9 Å². The second-order valence-corrected chi connectivity index (χ2v) is 10.6. The summed E-state index contributed by atoms with van der Waals surface area (Å²) in [6.07, 6.45) is 4.10. The Kier molecular flexibility index (Phi) is 7.06. The lowest BCUT2D eigenvalue weighted by molar-refractivity contribution is 0.103. The molecular formula is C25H29ClN8OS. The second kappa shape index (κ2) is 10.4. The van der Waals surface area contributed by atoms with E-state index < -0.39 is 0 Å². The Morgan fingerprint density at radius 2 is 1.94 bits per heavy atom. The molecule has 1 aliphatic heterocycles. The molecule has 36 heavy (non-hydrogen) atoms. The number of amides is 1. The summed E-state index contributed by atoms with van der Waals surface area (Å²) in [4.78, 5) is 29.0. The molecule has 188 valence electrons. The molecule has 2 aromatic heterocycles. The van der Waals surface area contributed by atoms with Crippen molar-refractivity contribution in [3.05, 3.63) is 51.7 Å². The summed E-state index contributed by atoms with van der Waals surface area (Å²) in [6.45, 7) is 9.35. The quantitative estimate of drug-likeness (QED) is 0.414. The van der Waals surface area contributed by atoms with Gasteiger partial charge in [-0.1, -0.05) is 35.1 Å². The summed E-state index contributed by atoms with van der Waals surface area (Å²) in [6, 6.07) is 7.43. The number of hydrogen-bond acceptors (Lipinski definition) is 9. The maximum Gasteiger partial charge on any atom is 0.267 e. The summed E-state index contributed by atoms with van der Waals surface area (Å²) in [5, 5.41) is 14.2. The third-order valence-electron chi connectivity index (χ3n) is 6.30. The third-order valence-corrected chi connectivity index (χ3v) is 7.52. The van der Waals surface area contributed by atoms with E-state index in [0.29, 0.717) is 38.3 Å². The van der Waals surface area contributed by atoms with E-state index in [-0.39, 0.29) is 5.91 Å². The molecule has 3 aromatic rings. The summed E-state index contributed by atoms with van der Waals surface area (Å²) in [7, 11) is 0. The molecule has 0 spiro atoms. The lowest BCUT2D eigenvalue weighted by Gasteiger charge is -2.34. The smallest absolute Gasteiger partial charge is 0.267 e. The number of nitrogens with zero attached hydrogens (tertiary/aromatic N) is 6. The summed E-state index contributed by atoms with van der Waals surface area (Å²) in [5.74, 6) is 2.62. The van der Waals surface area contributed by atoms with Crippen molar-refractivity contribution in [1.82, 2.24) is 20.0 Å². The Hall–Kier alpha value is -3.24. The fourth-order valence-electron chi connectivity index (χ4n) is 4.12. The highest BCUT2D eigenvalue weighted by atomic mass is 35.5. The van der Waals surface area contributed by atoms with E-state index in [4.69, 9.17) is 16.7 Å². The van der Waals surface area contributed by atoms with Gasteiger partial charge in [0.1, 0.15) is 22.3 Å². The topological polar surface area (TPSA) is 98.6 Å². The monoisotopic (exact) mass is 524 g/mol. The number of carbonyl (C=O) groups is 1. The van der Waals surface area contributed by atoms with Gasteiger partial charge >= 0.3 is 0 Å². The van der Waals surface area contributed by atoms with Crippen LogP contribution in [-0.2, 0) is 0 Å². The number of carbonyl (C=O) groups excluding carboxylic acids is 1. The standard InChI is InChI=1S/C25H29ClN8OS/c1-15-5-4-6-19(26)23(15)31-24(35)20-14-27-25(36-20)30-21-13-22(29-17(3)28-21)33-9-11-34(12-10-33)32-16(2)18-7-8-18/h4-6,13-14,18H,7-12H2,1-3H3,(H,31,35)(H,27,28,29,30)/b32-16+. The van der Waals surface area contributed by atoms with Crippen molar-refractivity contribution < 1.29 is 4.79 Å². The zero-order chi connectivity index (χ0) is 25.2. The number of nitrogens with one attached hydrogen (secondary N) is 2. The van der Waals surface area contributed by atoms with E-state index in [0.717, 1.165) is 37.6 Å². The molecule has 1 aromatic carbocycles. The van der Waals surface area contributed by atoms with Crippen LogP contribution in [0.2, 0.25) is 5.02 Å². The van der Waals surface area contributed by atoms with E-state index in [1.807, 2.05) is 32.0 Å². The van der Waals surface area contributed by atoms with Gasteiger partial charge in [0.05, 0.1) is 30.0 Å². The van der Waals surface area contributed by atoms with Gasteiger partial charge < -0.3 is 15.5 Å². The van der Waals surface area contributed by atoms with E-state index in [2.05, 4.69) is 42.4 Å². The highest BCUT2D eigenvalue weighted by Crippen LogP contribution is 2.31. The van der Waals surface area contributed by atoms with Crippen LogP contribution in [0.5, 0.6) is 0 Å². The van der Waals surface area contributed by atoms with Crippen LogP contribution in [-0.4, -0.2) is 57.8 Å². The number of benzene rings is 1. The summed E-state index contributed by atoms with van der Waals surface area (Å²) < 4.78 is 0. The van der Waals surface area contributed by atoms with Crippen molar-refractivity contribution in [1.29, 1.82) is 0 Å². The Morgan fingerprint density at radius 1 is 1.17 bits per heavy atom. The predicted octanol–water partition coefficient (Wildman–Crippen LogP) is 5.11. The van der Waals surface area contributed by atoms with Crippen molar-refractivity contribution >= 4 is 57.0 Å². The average molecular weight is 525 g/mol. The third kappa shape index (κ3) is 5.76. The van der Waals surface area contributed by atoms with Crippen LogP contribution < -0.4 is 15.5 Å². The number of rotatable bonds is 7. The minimum atomic E-state index is -0.256. The molecule has 0 bridgehead atoms. The molecule has 0 atom stereocenters. The van der Waals surface area contributed by atoms with E-state index in [1.165, 1.54) is 29.9 Å². The summed E-state index contributed by atoms with van der Waals surface area (Å²) in [5.41, 5.74) is 2.76. The molecule has 0 radical (unpaired) electrons. The van der Waals surface area contributed by atoms with Gasteiger partial charge in [-0.3, -0.25) is 9.80 Å². The first-order chi connectivity index (χ1) is 17.4. The number of aryl methyl sites for hydroxylation is 2. The lowest BCUT2D eigenvalue weighted by atomic mass is 10.2. The molecule has 5 rings (SSSR count). The minimum absolute atomic E-state index is 0.256. The van der Waals surface area contributed by atoms with E-state index in [1.54, 1.807) is 12.3 Å². The molecule has 2 fully saturated rings. The number of piperazine rings is 1.